The minimum absolute atomic E-state index is 0.264. The highest BCUT2D eigenvalue weighted by molar-refractivity contribution is 9.10. The maximum Gasteiger partial charge on any atom is 0.335 e. The number of hydrogen-bond donors (Lipinski definition) is 1. The van der Waals surface area contributed by atoms with Gasteiger partial charge in [-0.15, -0.1) is 11.6 Å². The number of rotatable bonds is 3. The summed E-state index contributed by atoms with van der Waals surface area (Å²) in [6.45, 7) is 0. The molecule has 1 rings (SSSR count). The van der Waals surface area contributed by atoms with E-state index in [-0.39, 0.29) is 5.56 Å². The summed E-state index contributed by atoms with van der Waals surface area (Å²) < 4.78 is 0.749. The lowest BCUT2D eigenvalue weighted by Crippen LogP contribution is -1.95. The second kappa shape index (κ2) is 5.17. The van der Waals surface area contributed by atoms with Crippen LogP contribution in [0.2, 0.25) is 0 Å². The maximum absolute atomic E-state index is 10.6. The lowest BCUT2D eigenvalue weighted by molar-refractivity contribution is 0.0697. The Hall–Kier alpha value is -0.800. The number of carbonyl (C=O) groups is 1. The Labute approximate surface area is 95.3 Å². The Balaban J connectivity index is 3.01. The summed E-state index contributed by atoms with van der Waals surface area (Å²) in [5, 5.41) is 8.72. The van der Waals surface area contributed by atoms with Gasteiger partial charge >= 0.3 is 5.97 Å². The van der Waals surface area contributed by atoms with E-state index in [4.69, 9.17) is 16.7 Å². The van der Waals surface area contributed by atoms with Gasteiger partial charge in [-0.2, -0.15) is 0 Å². The smallest absolute Gasteiger partial charge is 0.335 e. The molecule has 1 aromatic rings. The monoisotopic (exact) mass is 274 g/mol. The van der Waals surface area contributed by atoms with Crippen LogP contribution in [-0.4, -0.2) is 17.0 Å². The molecule has 0 saturated carbocycles. The average molecular weight is 276 g/mol. The first-order valence-corrected chi connectivity index (χ1v) is 5.23. The molecule has 74 valence electrons. The number of aromatic carboxylic acids is 1. The molecule has 1 N–H and O–H groups in total. The van der Waals surface area contributed by atoms with Gasteiger partial charge in [0.25, 0.3) is 0 Å². The van der Waals surface area contributed by atoms with Gasteiger partial charge < -0.3 is 5.11 Å². The molecular weight excluding hydrogens is 267 g/mol. The second-order valence-corrected chi connectivity index (χ2v) is 3.76. The molecule has 1 aromatic carbocycles. The van der Waals surface area contributed by atoms with Crippen LogP contribution in [0.25, 0.3) is 6.08 Å². The van der Waals surface area contributed by atoms with Crippen molar-refractivity contribution in [3.8, 4) is 0 Å². The topological polar surface area (TPSA) is 37.3 Å². The molecule has 4 heteroatoms. The molecule has 14 heavy (non-hydrogen) atoms. The fraction of sp³-hybridized carbons (Fsp3) is 0.100. The van der Waals surface area contributed by atoms with Gasteiger partial charge in [0.05, 0.1) is 5.56 Å². The quantitative estimate of drug-likeness (QED) is 0.859. The molecule has 2 nitrogen and oxygen atoms in total. The normalized spacial score (nSPS) is 10.7. The van der Waals surface area contributed by atoms with Crippen molar-refractivity contribution in [1.82, 2.24) is 0 Å². The van der Waals surface area contributed by atoms with Crippen LogP contribution in [0.3, 0.4) is 0 Å². The van der Waals surface area contributed by atoms with Gasteiger partial charge in [0, 0.05) is 10.4 Å². The minimum atomic E-state index is -0.932. The third-order valence-corrected chi connectivity index (χ3v) is 2.50. The number of hydrogen-bond acceptors (Lipinski definition) is 1. The minimum Gasteiger partial charge on any atom is -0.478 e. The first kappa shape index (κ1) is 11.3. The third-order valence-electron chi connectivity index (χ3n) is 1.63. The van der Waals surface area contributed by atoms with E-state index >= 15 is 0 Å². The van der Waals surface area contributed by atoms with Crippen LogP contribution >= 0.6 is 27.5 Å². The Bertz CT molecular complexity index is 374. The number of alkyl halides is 1. The number of carboxylic acids is 1. The van der Waals surface area contributed by atoms with E-state index in [1.54, 1.807) is 24.3 Å². The van der Waals surface area contributed by atoms with Crippen molar-refractivity contribution in [2.45, 2.75) is 0 Å². The van der Waals surface area contributed by atoms with E-state index in [0.29, 0.717) is 5.88 Å². The molecule has 0 atom stereocenters. The fourth-order valence-electron chi connectivity index (χ4n) is 0.967. The first-order valence-electron chi connectivity index (χ1n) is 3.90. The molecule has 0 aliphatic heterocycles. The molecule has 0 radical (unpaired) electrons. The summed E-state index contributed by atoms with van der Waals surface area (Å²) in [5.74, 6) is -0.494. The van der Waals surface area contributed by atoms with Crippen molar-refractivity contribution in [3.05, 3.63) is 39.9 Å². The van der Waals surface area contributed by atoms with Crippen LogP contribution in [0, 0.1) is 0 Å². The van der Waals surface area contributed by atoms with E-state index < -0.39 is 5.97 Å². The fourth-order valence-corrected chi connectivity index (χ4v) is 1.57. The summed E-state index contributed by atoms with van der Waals surface area (Å²) in [4.78, 5) is 10.6. The lowest BCUT2D eigenvalue weighted by atomic mass is 10.1. The SMILES string of the molecule is O=C(O)c1ccc(C=CCCl)c(Br)c1. The van der Waals surface area contributed by atoms with Crippen molar-refractivity contribution in [2.24, 2.45) is 0 Å². The number of halogens is 2. The first-order chi connectivity index (χ1) is 6.65. The Kier molecular flexibility index (Phi) is 4.17. The van der Waals surface area contributed by atoms with Crippen molar-refractivity contribution in [2.75, 3.05) is 5.88 Å². The predicted octanol–water partition coefficient (Wildman–Crippen LogP) is 3.40. The molecule has 0 spiro atoms. The van der Waals surface area contributed by atoms with Gasteiger partial charge in [0.15, 0.2) is 0 Å². The Morgan fingerprint density at radius 3 is 2.79 bits per heavy atom. The molecule has 0 aliphatic carbocycles. The van der Waals surface area contributed by atoms with Crippen LogP contribution in [0.5, 0.6) is 0 Å². The molecule has 0 fully saturated rings. The molecule has 0 unspecified atom stereocenters. The molecule has 0 amide bonds. The lowest BCUT2D eigenvalue weighted by Gasteiger charge is -2.00. The van der Waals surface area contributed by atoms with E-state index in [0.717, 1.165) is 10.0 Å². The Morgan fingerprint density at radius 2 is 2.29 bits per heavy atom. The van der Waals surface area contributed by atoms with Crippen LogP contribution < -0.4 is 0 Å². The highest BCUT2D eigenvalue weighted by atomic mass is 79.9. The molecular formula is C10H8BrClO2. The zero-order valence-corrected chi connectivity index (χ0v) is 9.55. The van der Waals surface area contributed by atoms with Gasteiger partial charge in [0.1, 0.15) is 0 Å². The maximum atomic E-state index is 10.6. The number of carboxylic acid groups (broad SMARTS) is 1. The largest absolute Gasteiger partial charge is 0.478 e. The van der Waals surface area contributed by atoms with E-state index in [1.165, 1.54) is 0 Å². The molecule has 0 bridgehead atoms. The van der Waals surface area contributed by atoms with Gasteiger partial charge in [-0.05, 0) is 17.7 Å². The summed E-state index contributed by atoms with van der Waals surface area (Å²) in [7, 11) is 0. The number of benzene rings is 1. The van der Waals surface area contributed by atoms with Crippen molar-refractivity contribution >= 4 is 39.6 Å². The summed E-state index contributed by atoms with van der Waals surface area (Å²) >= 11 is 8.78. The Morgan fingerprint density at radius 1 is 1.57 bits per heavy atom. The van der Waals surface area contributed by atoms with Crippen LogP contribution in [0.1, 0.15) is 15.9 Å². The highest BCUT2D eigenvalue weighted by Gasteiger charge is 2.04. The number of allylic oxidation sites excluding steroid dienone is 1. The predicted molar refractivity (Wildman–Crippen MR) is 60.9 cm³/mol. The van der Waals surface area contributed by atoms with Crippen molar-refractivity contribution in [1.29, 1.82) is 0 Å². The molecule has 0 aliphatic rings. The molecule has 0 aromatic heterocycles. The standard InChI is InChI=1S/C10H8BrClO2/c11-9-6-8(10(13)14)4-3-7(9)2-1-5-12/h1-4,6H,5H2,(H,13,14). The molecule has 0 heterocycles. The summed E-state index contributed by atoms with van der Waals surface area (Å²) in [6, 6.07) is 4.85. The highest BCUT2D eigenvalue weighted by Crippen LogP contribution is 2.20. The second-order valence-electron chi connectivity index (χ2n) is 2.60. The van der Waals surface area contributed by atoms with Crippen LogP contribution in [0.4, 0.5) is 0 Å². The zero-order chi connectivity index (χ0) is 10.6. The van der Waals surface area contributed by atoms with E-state index in [9.17, 15) is 4.79 Å². The van der Waals surface area contributed by atoms with E-state index in [1.807, 2.05) is 6.08 Å². The van der Waals surface area contributed by atoms with Crippen molar-refractivity contribution in [3.63, 3.8) is 0 Å². The van der Waals surface area contributed by atoms with Crippen LogP contribution in [-0.2, 0) is 0 Å². The van der Waals surface area contributed by atoms with Crippen molar-refractivity contribution < 1.29 is 9.90 Å². The van der Waals surface area contributed by atoms with Gasteiger partial charge in [-0.25, -0.2) is 4.79 Å². The van der Waals surface area contributed by atoms with Gasteiger partial charge in [-0.1, -0.05) is 34.1 Å². The summed E-state index contributed by atoms with van der Waals surface area (Å²) in [6.07, 6.45) is 3.63. The van der Waals surface area contributed by atoms with E-state index in [2.05, 4.69) is 15.9 Å². The van der Waals surface area contributed by atoms with Gasteiger partial charge in [0.2, 0.25) is 0 Å². The summed E-state index contributed by atoms with van der Waals surface area (Å²) in [5.41, 5.74) is 1.18. The van der Waals surface area contributed by atoms with Gasteiger partial charge in [-0.3, -0.25) is 0 Å². The third kappa shape index (κ3) is 2.86. The molecule has 0 saturated heterocycles. The van der Waals surface area contributed by atoms with Crippen LogP contribution in [0.15, 0.2) is 28.7 Å². The average Bonchev–Trinajstić information content (AvgIpc) is 2.15. The zero-order valence-electron chi connectivity index (χ0n) is 7.21.